The van der Waals surface area contributed by atoms with Crippen LogP contribution in [0.1, 0.15) is 29.5 Å². The number of fused-ring (bicyclic) bond motifs is 1. The van der Waals surface area contributed by atoms with Crippen molar-refractivity contribution in [3.05, 3.63) is 69.2 Å². The van der Waals surface area contributed by atoms with Crippen LogP contribution >= 0.6 is 23.2 Å². The van der Waals surface area contributed by atoms with Crippen LogP contribution in [0.5, 0.6) is 0 Å². The molecule has 0 saturated carbocycles. The van der Waals surface area contributed by atoms with E-state index >= 15 is 0 Å². The predicted octanol–water partition coefficient (Wildman–Crippen LogP) is 4.85. The standard InChI is InChI=1S/C18H19Cl2N/c1-2-21-18(10-13-7-8-14(19)11-17(13)20)16-9-12-5-3-4-6-15(12)16/h3-8,11,16,18,21H,2,9-10H2,1H3. The van der Waals surface area contributed by atoms with Gasteiger partial charge in [-0.15, -0.1) is 0 Å². The SMILES string of the molecule is CCNC(Cc1ccc(Cl)cc1Cl)C1Cc2ccccc21. The molecule has 0 bridgehead atoms. The van der Waals surface area contributed by atoms with Crippen LogP contribution in [0, 0.1) is 0 Å². The second-order valence-electron chi connectivity index (χ2n) is 5.61. The zero-order chi connectivity index (χ0) is 14.8. The molecule has 3 heteroatoms. The Morgan fingerprint density at radius 1 is 1.19 bits per heavy atom. The average Bonchev–Trinajstić information content (AvgIpc) is 2.43. The second-order valence-corrected chi connectivity index (χ2v) is 6.46. The first-order chi connectivity index (χ1) is 10.2. The van der Waals surface area contributed by atoms with Crippen LogP contribution in [0.25, 0.3) is 0 Å². The highest BCUT2D eigenvalue weighted by molar-refractivity contribution is 6.35. The lowest BCUT2D eigenvalue weighted by Gasteiger charge is -2.37. The minimum absolute atomic E-state index is 0.420. The van der Waals surface area contributed by atoms with Gasteiger partial charge in [0.05, 0.1) is 0 Å². The molecule has 1 aliphatic carbocycles. The molecule has 1 nitrogen and oxygen atoms in total. The van der Waals surface area contributed by atoms with E-state index in [1.54, 1.807) is 0 Å². The first-order valence-corrected chi connectivity index (χ1v) is 8.19. The van der Waals surface area contributed by atoms with E-state index in [0.29, 0.717) is 17.0 Å². The number of halogens is 2. The van der Waals surface area contributed by atoms with Crippen molar-refractivity contribution < 1.29 is 0 Å². The molecule has 0 heterocycles. The van der Waals surface area contributed by atoms with E-state index in [9.17, 15) is 0 Å². The molecule has 0 fully saturated rings. The Balaban J connectivity index is 1.80. The fourth-order valence-electron chi connectivity index (χ4n) is 3.20. The van der Waals surface area contributed by atoms with Gasteiger partial charge >= 0.3 is 0 Å². The Labute approximate surface area is 136 Å². The molecule has 110 valence electrons. The summed E-state index contributed by atoms with van der Waals surface area (Å²) in [7, 11) is 0. The third kappa shape index (κ3) is 3.11. The van der Waals surface area contributed by atoms with Crippen molar-refractivity contribution in [2.24, 2.45) is 0 Å². The first-order valence-electron chi connectivity index (χ1n) is 7.44. The van der Waals surface area contributed by atoms with Crippen molar-refractivity contribution in [1.29, 1.82) is 0 Å². The number of benzene rings is 2. The van der Waals surface area contributed by atoms with Crippen molar-refractivity contribution in [3.63, 3.8) is 0 Å². The zero-order valence-electron chi connectivity index (χ0n) is 12.1. The average molecular weight is 320 g/mol. The second kappa shape index (κ2) is 6.39. The molecule has 0 radical (unpaired) electrons. The molecule has 0 aromatic heterocycles. The normalized spacial score (nSPS) is 18.0. The van der Waals surface area contributed by atoms with Gasteiger partial charge in [0.1, 0.15) is 0 Å². The van der Waals surface area contributed by atoms with Gasteiger partial charge < -0.3 is 5.32 Å². The van der Waals surface area contributed by atoms with E-state index < -0.39 is 0 Å². The number of nitrogens with one attached hydrogen (secondary N) is 1. The van der Waals surface area contributed by atoms with E-state index in [2.05, 4.69) is 36.5 Å². The Morgan fingerprint density at radius 3 is 2.71 bits per heavy atom. The molecule has 2 aromatic rings. The maximum absolute atomic E-state index is 6.33. The number of hydrogen-bond acceptors (Lipinski definition) is 1. The number of hydrogen-bond donors (Lipinski definition) is 1. The highest BCUT2D eigenvalue weighted by Crippen LogP contribution is 2.38. The molecular formula is C18H19Cl2N. The van der Waals surface area contributed by atoms with Crippen LogP contribution in [-0.2, 0) is 12.8 Å². The summed E-state index contributed by atoms with van der Waals surface area (Å²) in [6.07, 6.45) is 2.09. The molecular weight excluding hydrogens is 301 g/mol. The molecule has 2 unspecified atom stereocenters. The summed E-state index contributed by atoms with van der Waals surface area (Å²) in [4.78, 5) is 0. The van der Waals surface area contributed by atoms with E-state index in [-0.39, 0.29) is 0 Å². The molecule has 1 aliphatic rings. The summed E-state index contributed by atoms with van der Waals surface area (Å²) in [5.74, 6) is 0.577. The summed E-state index contributed by atoms with van der Waals surface area (Å²) in [6.45, 7) is 3.12. The molecule has 21 heavy (non-hydrogen) atoms. The van der Waals surface area contributed by atoms with Crippen LogP contribution in [-0.4, -0.2) is 12.6 Å². The topological polar surface area (TPSA) is 12.0 Å². The van der Waals surface area contributed by atoms with E-state index in [1.165, 1.54) is 11.1 Å². The van der Waals surface area contributed by atoms with Gasteiger partial charge in [-0.1, -0.05) is 60.5 Å². The van der Waals surface area contributed by atoms with Crippen LogP contribution in [0.4, 0.5) is 0 Å². The fraction of sp³-hybridized carbons (Fsp3) is 0.333. The van der Waals surface area contributed by atoms with Crippen LogP contribution in [0.2, 0.25) is 10.0 Å². The van der Waals surface area contributed by atoms with Crippen LogP contribution in [0.3, 0.4) is 0 Å². The fourth-order valence-corrected chi connectivity index (χ4v) is 3.69. The Hall–Kier alpha value is -1.02. The zero-order valence-corrected chi connectivity index (χ0v) is 13.6. The minimum atomic E-state index is 0.420. The largest absolute Gasteiger partial charge is 0.313 e. The summed E-state index contributed by atoms with van der Waals surface area (Å²) in [5.41, 5.74) is 4.12. The highest BCUT2D eigenvalue weighted by atomic mass is 35.5. The molecule has 3 rings (SSSR count). The van der Waals surface area contributed by atoms with Crippen LogP contribution < -0.4 is 5.32 Å². The lowest BCUT2D eigenvalue weighted by atomic mass is 9.72. The maximum atomic E-state index is 6.33. The van der Waals surface area contributed by atoms with E-state index in [4.69, 9.17) is 23.2 Å². The van der Waals surface area contributed by atoms with Crippen molar-refractivity contribution >= 4 is 23.2 Å². The van der Waals surface area contributed by atoms with E-state index in [0.717, 1.165) is 30.0 Å². The number of likely N-dealkylation sites (N-methyl/N-ethyl adjacent to an activating group) is 1. The van der Waals surface area contributed by atoms with Crippen molar-refractivity contribution in [2.45, 2.75) is 31.7 Å². The third-order valence-electron chi connectivity index (χ3n) is 4.30. The summed E-state index contributed by atoms with van der Waals surface area (Å²) < 4.78 is 0. The first kappa shape index (κ1) is 14.9. The van der Waals surface area contributed by atoms with Crippen molar-refractivity contribution in [1.82, 2.24) is 5.32 Å². The summed E-state index contributed by atoms with van der Waals surface area (Å²) >= 11 is 12.3. The third-order valence-corrected chi connectivity index (χ3v) is 4.89. The van der Waals surface area contributed by atoms with Gasteiger partial charge in [-0.2, -0.15) is 0 Å². The molecule has 1 N–H and O–H groups in total. The van der Waals surface area contributed by atoms with Gasteiger partial charge in [0.15, 0.2) is 0 Å². The Kier molecular flexibility index (Phi) is 4.54. The van der Waals surface area contributed by atoms with Gasteiger partial charge in [0, 0.05) is 22.0 Å². The smallest absolute Gasteiger partial charge is 0.0453 e. The molecule has 2 atom stereocenters. The van der Waals surface area contributed by atoms with Crippen molar-refractivity contribution in [2.75, 3.05) is 6.54 Å². The lowest BCUT2D eigenvalue weighted by Crippen LogP contribution is -2.41. The van der Waals surface area contributed by atoms with Crippen molar-refractivity contribution in [3.8, 4) is 0 Å². The van der Waals surface area contributed by atoms with Crippen LogP contribution in [0.15, 0.2) is 42.5 Å². The lowest BCUT2D eigenvalue weighted by molar-refractivity contribution is 0.405. The van der Waals surface area contributed by atoms with Gasteiger partial charge in [-0.3, -0.25) is 0 Å². The molecule has 0 aliphatic heterocycles. The Morgan fingerprint density at radius 2 is 2.00 bits per heavy atom. The molecule has 0 amide bonds. The minimum Gasteiger partial charge on any atom is -0.313 e. The summed E-state index contributed by atoms with van der Waals surface area (Å²) in [5, 5.41) is 5.08. The van der Waals surface area contributed by atoms with Gasteiger partial charge in [0.2, 0.25) is 0 Å². The molecule has 0 spiro atoms. The van der Waals surface area contributed by atoms with Gasteiger partial charge in [-0.25, -0.2) is 0 Å². The maximum Gasteiger partial charge on any atom is 0.0453 e. The number of rotatable bonds is 5. The molecule has 2 aromatic carbocycles. The van der Waals surface area contributed by atoms with E-state index in [1.807, 2.05) is 18.2 Å². The molecule has 0 saturated heterocycles. The van der Waals surface area contributed by atoms with Gasteiger partial charge in [0.25, 0.3) is 0 Å². The quantitative estimate of drug-likeness (QED) is 0.830. The van der Waals surface area contributed by atoms with Gasteiger partial charge in [-0.05, 0) is 48.2 Å². The Bertz CT molecular complexity index is 639. The highest BCUT2D eigenvalue weighted by Gasteiger charge is 2.32. The predicted molar refractivity (Wildman–Crippen MR) is 90.5 cm³/mol. The summed E-state index contributed by atoms with van der Waals surface area (Å²) in [6, 6.07) is 14.9. The monoisotopic (exact) mass is 319 g/mol.